The fourth-order valence-electron chi connectivity index (χ4n) is 4.85. The molecule has 2 aliphatic heterocycles. The molecule has 3 heterocycles. The largest absolute Gasteiger partial charge is 0.493 e. The third-order valence-corrected chi connectivity index (χ3v) is 6.15. The van der Waals surface area contributed by atoms with Crippen molar-refractivity contribution in [3.05, 3.63) is 36.4 Å². The number of piperidine rings is 1. The summed E-state index contributed by atoms with van der Waals surface area (Å²) in [6, 6.07) is 5.66. The Bertz CT molecular complexity index is 883. The van der Waals surface area contributed by atoms with E-state index in [4.69, 9.17) is 9.47 Å². The van der Waals surface area contributed by atoms with Crippen LogP contribution in [0.25, 0.3) is 0 Å². The number of amides is 1. The van der Waals surface area contributed by atoms with Gasteiger partial charge in [0.05, 0.1) is 20.8 Å². The van der Waals surface area contributed by atoms with Gasteiger partial charge >= 0.3 is 0 Å². The monoisotopic (exact) mass is 400 g/mol. The number of fused-ring (bicyclic) bond motifs is 2. The number of nitrogens with one attached hydrogen (secondary N) is 1. The van der Waals surface area contributed by atoms with Gasteiger partial charge in [-0.3, -0.25) is 9.69 Å². The Morgan fingerprint density at radius 2 is 1.93 bits per heavy atom. The number of nitrogens with zero attached hydrogens (tertiary/aromatic N) is 3. The summed E-state index contributed by atoms with van der Waals surface area (Å²) >= 11 is 0. The van der Waals surface area contributed by atoms with Crippen LogP contribution in [0.15, 0.2) is 30.6 Å². The third kappa shape index (κ3) is 3.70. The van der Waals surface area contributed by atoms with Gasteiger partial charge in [0.15, 0.2) is 11.5 Å². The summed E-state index contributed by atoms with van der Waals surface area (Å²) in [5.74, 6) is 1.83. The molecule has 2 N–H and O–H groups in total. The fraction of sp³-hybridized carbons (Fsp3) is 0.524. The van der Waals surface area contributed by atoms with Crippen molar-refractivity contribution in [2.24, 2.45) is 7.05 Å². The Labute approximate surface area is 170 Å². The van der Waals surface area contributed by atoms with E-state index in [0.717, 1.165) is 12.8 Å². The molecule has 2 aliphatic rings. The lowest BCUT2D eigenvalue weighted by Gasteiger charge is -2.43. The van der Waals surface area contributed by atoms with Crippen molar-refractivity contribution in [3.63, 3.8) is 0 Å². The van der Waals surface area contributed by atoms with E-state index < -0.39 is 5.60 Å². The molecule has 2 saturated heterocycles. The molecule has 1 amide bonds. The minimum Gasteiger partial charge on any atom is -0.493 e. The van der Waals surface area contributed by atoms with Crippen LogP contribution in [0.3, 0.4) is 0 Å². The number of anilines is 1. The van der Waals surface area contributed by atoms with Crippen molar-refractivity contribution in [3.8, 4) is 11.5 Å². The van der Waals surface area contributed by atoms with Gasteiger partial charge in [-0.15, -0.1) is 0 Å². The first-order chi connectivity index (χ1) is 13.9. The lowest BCUT2D eigenvalue weighted by Crippen LogP contribution is -2.52. The molecule has 1 aromatic carbocycles. The number of aromatic nitrogens is 2. The Hall–Kier alpha value is -2.58. The van der Waals surface area contributed by atoms with Crippen molar-refractivity contribution in [1.82, 2.24) is 14.5 Å². The predicted molar refractivity (Wildman–Crippen MR) is 108 cm³/mol. The average Bonchev–Trinajstić information content (AvgIpc) is 3.23. The highest BCUT2D eigenvalue weighted by molar-refractivity contribution is 5.92. The van der Waals surface area contributed by atoms with Gasteiger partial charge in [0, 0.05) is 43.3 Å². The number of aliphatic hydroxyl groups is 1. The standard InChI is InChI=1S/C21H28N4O4/c1-24-9-8-22-20(24)21(27)11-15-5-6-16(12-21)25(15)13-19(26)23-14-4-7-17(28-2)18(10-14)29-3/h4,7-10,15-16,27H,5-6,11-13H2,1-3H3,(H,23,26)/t15-,16-/m1/s1. The number of hydrogen-bond acceptors (Lipinski definition) is 6. The summed E-state index contributed by atoms with van der Waals surface area (Å²) in [7, 11) is 5.05. The summed E-state index contributed by atoms with van der Waals surface area (Å²) in [4.78, 5) is 19.3. The van der Waals surface area contributed by atoms with Crippen molar-refractivity contribution in [1.29, 1.82) is 0 Å². The van der Waals surface area contributed by atoms with Crippen LogP contribution < -0.4 is 14.8 Å². The molecule has 0 aliphatic carbocycles. The molecule has 0 unspecified atom stereocenters. The molecule has 8 heteroatoms. The van der Waals surface area contributed by atoms with Crippen LogP contribution in [0.4, 0.5) is 5.69 Å². The number of carbonyl (C=O) groups is 1. The minimum absolute atomic E-state index is 0.0726. The van der Waals surface area contributed by atoms with Gasteiger partial charge in [-0.25, -0.2) is 4.98 Å². The van der Waals surface area contributed by atoms with Crippen molar-refractivity contribution in [2.75, 3.05) is 26.1 Å². The molecular formula is C21H28N4O4. The lowest BCUT2D eigenvalue weighted by molar-refractivity contribution is -0.121. The summed E-state index contributed by atoms with van der Waals surface area (Å²) < 4.78 is 12.4. The van der Waals surface area contributed by atoms with Crippen LogP contribution in [-0.2, 0) is 17.4 Å². The second kappa shape index (κ2) is 7.68. The first kappa shape index (κ1) is 19.7. The van der Waals surface area contributed by atoms with E-state index in [1.54, 1.807) is 38.6 Å². The highest BCUT2D eigenvalue weighted by Crippen LogP contribution is 2.45. The maximum atomic E-state index is 12.7. The summed E-state index contributed by atoms with van der Waals surface area (Å²) in [5.41, 5.74) is -0.262. The number of aryl methyl sites for hydroxylation is 1. The highest BCUT2D eigenvalue weighted by Gasteiger charge is 2.50. The molecule has 2 bridgehead atoms. The van der Waals surface area contributed by atoms with Crippen LogP contribution in [0.5, 0.6) is 11.5 Å². The number of benzene rings is 1. The summed E-state index contributed by atoms with van der Waals surface area (Å²) in [5, 5.41) is 14.2. The summed E-state index contributed by atoms with van der Waals surface area (Å²) in [6.07, 6.45) is 6.74. The van der Waals surface area contributed by atoms with Crippen LogP contribution in [-0.4, -0.2) is 58.3 Å². The molecular weight excluding hydrogens is 372 g/mol. The third-order valence-electron chi connectivity index (χ3n) is 6.15. The van der Waals surface area contributed by atoms with E-state index >= 15 is 0 Å². The van der Waals surface area contributed by atoms with Crippen molar-refractivity contribution in [2.45, 2.75) is 43.4 Å². The number of methoxy groups -OCH3 is 2. The van der Waals surface area contributed by atoms with E-state index in [0.29, 0.717) is 42.4 Å². The zero-order valence-electron chi connectivity index (χ0n) is 17.1. The Kier molecular flexibility index (Phi) is 5.23. The quantitative estimate of drug-likeness (QED) is 0.770. The van der Waals surface area contributed by atoms with Gasteiger partial charge in [-0.1, -0.05) is 0 Å². The van der Waals surface area contributed by atoms with E-state index in [2.05, 4.69) is 15.2 Å². The lowest BCUT2D eigenvalue weighted by atomic mass is 9.85. The maximum absolute atomic E-state index is 12.7. The first-order valence-electron chi connectivity index (χ1n) is 9.91. The topological polar surface area (TPSA) is 88.9 Å². The van der Waals surface area contributed by atoms with Gasteiger partial charge in [0.25, 0.3) is 0 Å². The first-order valence-corrected chi connectivity index (χ1v) is 9.91. The number of ether oxygens (including phenoxy) is 2. The average molecular weight is 400 g/mol. The van der Waals surface area contributed by atoms with Gasteiger partial charge in [-0.05, 0) is 37.8 Å². The molecule has 29 heavy (non-hydrogen) atoms. The van der Waals surface area contributed by atoms with Gasteiger partial charge < -0.3 is 24.5 Å². The second-order valence-electron chi connectivity index (χ2n) is 7.98. The Balaban J connectivity index is 1.42. The van der Waals surface area contributed by atoms with E-state index in [-0.39, 0.29) is 18.0 Å². The van der Waals surface area contributed by atoms with Crippen molar-refractivity contribution >= 4 is 11.6 Å². The fourth-order valence-corrected chi connectivity index (χ4v) is 4.85. The molecule has 0 saturated carbocycles. The normalized spacial score (nSPS) is 26.3. The van der Waals surface area contributed by atoms with Gasteiger partial charge in [0.2, 0.25) is 5.91 Å². The van der Waals surface area contributed by atoms with Crippen molar-refractivity contribution < 1.29 is 19.4 Å². The van der Waals surface area contributed by atoms with E-state index in [1.165, 1.54) is 0 Å². The summed E-state index contributed by atoms with van der Waals surface area (Å²) in [6.45, 7) is 0.306. The maximum Gasteiger partial charge on any atom is 0.238 e. The molecule has 2 aromatic rings. The predicted octanol–water partition coefficient (Wildman–Crippen LogP) is 1.89. The zero-order valence-corrected chi connectivity index (χ0v) is 17.1. The molecule has 4 rings (SSSR count). The second-order valence-corrected chi connectivity index (χ2v) is 7.98. The van der Waals surface area contributed by atoms with Crippen LogP contribution in [0, 0.1) is 0 Å². The number of rotatable bonds is 6. The number of hydrogen-bond donors (Lipinski definition) is 2. The minimum atomic E-state index is -0.930. The smallest absolute Gasteiger partial charge is 0.238 e. The molecule has 0 radical (unpaired) electrons. The van der Waals surface area contributed by atoms with Gasteiger partial charge in [-0.2, -0.15) is 0 Å². The zero-order chi connectivity index (χ0) is 20.6. The van der Waals surface area contributed by atoms with Crippen LogP contribution >= 0.6 is 0 Å². The van der Waals surface area contributed by atoms with Crippen LogP contribution in [0.2, 0.25) is 0 Å². The van der Waals surface area contributed by atoms with Crippen LogP contribution in [0.1, 0.15) is 31.5 Å². The molecule has 0 spiro atoms. The molecule has 1 aromatic heterocycles. The Morgan fingerprint density at radius 3 is 2.52 bits per heavy atom. The number of carbonyl (C=O) groups excluding carboxylic acids is 1. The molecule has 156 valence electrons. The highest BCUT2D eigenvalue weighted by atomic mass is 16.5. The Morgan fingerprint density at radius 1 is 1.24 bits per heavy atom. The molecule has 8 nitrogen and oxygen atoms in total. The SMILES string of the molecule is COc1ccc(NC(=O)CN2[C@@H]3CC[C@@H]2CC(O)(c2nccn2C)C3)cc1OC. The molecule has 2 fully saturated rings. The van der Waals surface area contributed by atoms with E-state index in [9.17, 15) is 9.90 Å². The molecule has 2 atom stereocenters. The van der Waals surface area contributed by atoms with Gasteiger partial charge in [0.1, 0.15) is 11.4 Å². The van der Waals surface area contributed by atoms with E-state index in [1.807, 2.05) is 17.8 Å². The number of imidazole rings is 1.